The first-order valence-corrected chi connectivity index (χ1v) is 12.3. The second kappa shape index (κ2) is 9.81. The molecule has 0 spiro atoms. The third-order valence-corrected chi connectivity index (χ3v) is 7.21. The van der Waals surface area contributed by atoms with E-state index in [-0.39, 0.29) is 29.4 Å². The number of carbonyl (C=O) groups excluding carboxylic acids is 2. The number of piperazine rings is 1. The number of nitrogens with one attached hydrogen (secondary N) is 1. The van der Waals surface area contributed by atoms with Crippen LogP contribution in [0.3, 0.4) is 0 Å². The summed E-state index contributed by atoms with van der Waals surface area (Å²) in [4.78, 5) is 29.0. The number of hydrogen-bond acceptors (Lipinski definition) is 5. The highest BCUT2D eigenvalue weighted by atomic mass is 32.2. The lowest BCUT2D eigenvalue weighted by molar-refractivity contribution is 0.0535. The molecule has 170 valence electrons. The van der Waals surface area contributed by atoms with Crippen LogP contribution < -0.4 is 4.72 Å². The van der Waals surface area contributed by atoms with Crippen LogP contribution >= 0.6 is 0 Å². The van der Waals surface area contributed by atoms with E-state index in [9.17, 15) is 18.0 Å². The van der Waals surface area contributed by atoms with Gasteiger partial charge in [-0.25, -0.2) is 13.1 Å². The summed E-state index contributed by atoms with van der Waals surface area (Å²) in [6, 6.07) is 15.1. The lowest BCUT2D eigenvalue weighted by Gasteiger charge is -2.35. The quantitative estimate of drug-likeness (QED) is 0.713. The maximum atomic E-state index is 13.0. The molecule has 2 heterocycles. The highest BCUT2D eigenvalue weighted by Crippen LogP contribution is 2.17. The van der Waals surface area contributed by atoms with Crippen LogP contribution in [0.5, 0.6) is 0 Å². The van der Waals surface area contributed by atoms with E-state index in [2.05, 4.69) is 4.72 Å². The summed E-state index contributed by atoms with van der Waals surface area (Å²) in [5.41, 5.74) is 0.938. The highest BCUT2D eigenvalue weighted by Gasteiger charge is 2.26. The van der Waals surface area contributed by atoms with Crippen LogP contribution in [0.2, 0.25) is 0 Å². The lowest BCUT2D eigenvalue weighted by atomic mass is 10.1. The maximum absolute atomic E-state index is 13.0. The Labute approximate surface area is 188 Å². The zero-order valence-electron chi connectivity index (χ0n) is 17.8. The van der Waals surface area contributed by atoms with E-state index in [1.165, 1.54) is 12.1 Å². The molecule has 2 fully saturated rings. The van der Waals surface area contributed by atoms with Crippen molar-refractivity contribution in [2.75, 3.05) is 39.3 Å². The van der Waals surface area contributed by atoms with Gasteiger partial charge in [0.1, 0.15) is 0 Å². The van der Waals surface area contributed by atoms with Gasteiger partial charge in [0, 0.05) is 50.5 Å². The molecule has 2 aliphatic rings. The smallest absolute Gasteiger partial charge is 0.254 e. The van der Waals surface area contributed by atoms with Crippen LogP contribution in [0.4, 0.5) is 0 Å². The van der Waals surface area contributed by atoms with Gasteiger partial charge >= 0.3 is 0 Å². The Morgan fingerprint density at radius 1 is 0.906 bits per heavy atom. The van der Waals surface area contributed by atoms with E-state index in [1.54, 1.807) is 34.1 Å². The molecular formula is C23H27N3O5S. The topological polar surface area (TPSA) is 96.0 Å². The molecule has 0 bridgehead atoms. The molecule has 2 aliphatic heterocycles. The molecule has 2 amide bonds. The van der Waals surface area contributed by atoms with Gasteiger partial charge in [0.05, 0.1) is 11.0 Å². The molecule has 1 atom stereocenters. The molecule has 8 nitrogen and oxygen atoms in total. The van der Waals surface area contributed by atoms with Gasteiger partial charge in [0.15, 0.2) is 0 Å². The van der Waals surface area contributed by atoms with E-state index < -0.39 is 10.0 Å². The van der Waals surface area contributed by atoms with Gasteiger partial charge in [-0.3, -0.25) is 9.59 Å². The van der Waals surface area contributed by atoms with Crippen LogP contribution in [0, 0.1) is 0 Å². The molecule has 2 aromatic carbocycles. The van der Waals surface area contributed by atoms with Crippen LogP contribution in [0.15, 0.2) is 59.5 Å². The summed E-state index contributed by atoms with van der Waals surface area (Å²) in [7, 11) is -3.74. The van der Waals surface area contributed by atoms with Gasteiger partial charge in [-0.05, 0) is 43.2 Å². The van der Waals surface area contributed by atoms with Gasteiger partial charge in [-0.15, -0.1) is 0 Å². The van der Waals surface area contributed by atoms with E-state index in [1.807, 2.05) is 18.2 Å². The molecule has 32 heavy (non-hydrogen) atoms. The van der Waals surface area contributed by atoms with E-state index in [0.29, 0.717) is 43.9 Å². The van der Waals surface area contributed by atoms with Crippen LogP contribution in [-0.2, 0) is 14.8 Å². The Hall–Kier alpha value is -2.75. The predicted molar refractivity (Wildman–Crippen MR) is 119 cm³/mol. The average Bonchev–Trinajstić information content (AvgIpc) is 3.37. The van der Waals surface area contributed by atoms with Gasteiger partial charge in [-0.2, -0.15) is 0 Å². The lowest BCUT2D eigenvalue weighted by Crippen LogP contribution is -2.50. The van der Waals surface area contributed by atoms with Crippen LogP contribution in [-0.4, -0.2) is 75.5 Å². The standard InChI is InChI=1S/C23H27N3O5S/c27-22(18-6-2-1-3-7-18)25-11-13-26(14-12-25)23(28)19-8-4-10-21(16-19)32(29,30)24-17-20-9-5-15-31-20/h1-4,6-8,10,16,20,24H,5,9,11-15,17H2/t20-/m0/s1. The van der Waals surface area contributed by atoms with E-state index in [0.717, 1.165) is 12.8 Å². The number of rotatable bonds is 6. The Morgan fingerprint density at radius 3 is 2.16 bits per heavy atom. The van der Waals surface area contributed by atoms with E-state index in [4.69, 9.17) is 4.74 Å². The Morgan fingerprint density at radius 2 is 1.53 bits per heavy atom. The second-order valence-corrected chi connectivity index (χ2v) is 9.73. The van der Waals surface area contributed by atoms with Crippen molar-refractivity contribution in [2.24, 2.45) is 0 Å². The Bertz CT molecular complexity index is 1060. The molecule has 2 aromatic rings. The largest absolute Gasteiger partial charge is 0.377 e. The fourth-order valence-electron chi connectivity index (χ4n) is 3.95. The predicted octanol–water partition coefficient (Wildman–Crippen LogP) is 1.74. The van der Waals surface area contributed by atoms with Crippen molar-refractivity contribution >= 4 is 21.8 Å². The number of nitrogens with zero attached hydrogens (tertiary/aromatic N) is 2. The van der Waals surface area contributed by atoms with Gasteiger partial charge < -0.3 is 14.5 Å². The summed E-state index contributed by atoms with van der Waals surface area (Å²) in [5, 5.41) is 0. The molecular weight excluding hydrogens is 430 g/mol. The SMILES string of the molecule is O=C(c1ccccc1)N1CCN(C(=O)c2cccc(S(=O)(=O)NC[C@@H]3CCCO3)c2)CC1. The Balaban J connectivity index is 1.37. The van der Waals surface area contributed by atoms with Crippen molar-refractivity contribution in [3.05, 3.63) is 65.7 Å². The fraction of sp³-hybridized carbons (Fsp3) is 0.391. The number of ether oxygens (including phenoxy) is 1. The monoisotopic (exact) mass is 457 g/mol. The summed E-state index contributed by atoms with van der Waals surface area (Å²) in [6.07, 6.45) is 1.66. The first kappa shape index (κ1) is 22.4. The molecule has 0 aromatic heterocycles. The van der Waals surface area contributed by atoms with Gasteiger partial charge in [-0.1, -0.05) is 24.3 Å². The molecule has 2 saturated heterocycles. The van der Waals surface area contributed by atoms with Crippen molar-refractivity contribution in [2.45, 2.75) is 23.8 Å². The van der Waals surface area contributed by atoms with Crippen molar-refractivity contribution in [1.82, 2.24) is 14.5 Å². The number of amides is 2. The molecule has 0 radical (unpaired) electrons. The molecule has 0 unspecified atom stereocenters. The minimum atomic E-state index is -3.74. The van der Waals surface area contributed by atoms with Crippen LogP contribution in [0.1, 0.15) is 33.6 Å². The summed E-state index contributed by atoms with van der Waals surface area (Å²) >= 11 is 0. The Kier molecular flexibility index (Phi) is 6.88. The van der Waals surface area contributed by atoms with Crippen molar-refractivity contribution < 1.29 is 22.7 Å². The third-order valence-electron chi connectivity index (χ3n) is 5.79. The molecule has 4 rings (SSSR count). The zero-order chi connectivity index (χ0) is 22.6. The van der Waals surface area contributed by atoms with Gasteiger partial charge in [0.2, 0.25) is 10.0 Å². The minimum Gasteiger partial charge on any atom is -0.377 e. The maximum Gasteiger partial charge on any atom is 0.254 e. The number of carbonyl (C=O) groups is 2. The molecule has 0 aliphatic carbocycles. The van der Waals surface area contributed by atoms with E-state index >= 15 is 0 Å². The summed E-state index contributed by atoms with van der Waals surface area (Å²) in [5.74, 6) is -0.295. The van der Waals surface area contributed by atoms with Gasteiger partial charge in [0.25, 0.3) is 11.8 Å². The van der Waals surface area contributed by atoms with Crippen molar-refractivity contribution in [1.29, 1.82) is 0 Å². The second-order valence-electron chi connectivity index (χ2n) is 7.97. The zero-order valence-corrected chi connectivity index (χ0v) is 18.6. The summed E-state index contributed by atoms with van der Waals surface area (Å²) in [6.45, 7) is 2.52. The number of sulfonamides is 1. The normalized spacial score (nSPS) is 19.2. The fourth-order valence-corrected chi connectivity index (χ4v) is 5.06. The van der Waals surface area contributed by atoms with Crippen LogP contribution in [0.25, 0.3) is 0 Å². The third kappa shape index (κ3) is 5.17. The van der Waals surface area contributed by atoms with Crippen molar-refractivity contribution in [3.63, 3.8) is 0 Å². The summed E-state index contributed by atoms with van der Waals surface area (Å²) < 4.78 is 33.4. The first-order chi connectivity index (χ1) is 15.4. The minimum absolute atomic E-state index is 0.0527. The molecule has 9 heteroatoms. The van der Waals surface area contributed by atoms with Crippen molar-refractivity contribution in [3.8, 4) is 0 Å². The first-order valence-electron chi connectivity index (χ1n) is 10.8. The highest BCUT2D eigenvalue weighted by molar-refractivity contribution is 7.89. The number of benzene rings is 2. The molecule has 1 N–H and O–H groups in total. The number of hydrogen-bond donors (Lipinski definition) is 1. The average molecular weight is 458 g/mol. The molecule has 0 saturated carbocycles.